The van der Waals surface area contributed by atoms with E-state index in [2.05, 4.69) is 48.3 Å². The van der Waals surface area contributed by atoms with Crippen LogP contribution in [0.1, 0.15) is 40.5 Å². The lowest BCUT2D eigenvalue weighted by Crippen LogP contribution is -2.36. The molecule has 1 aromatic rings. The second-order valence-corrected chi connectivity index (χ2v) is 8.54. The van der Waals surface area contributed by atoms with Crippen LogP contribution in [0.3, 0.4) is 0 Å². The Hall–Kier alpha value is -2.66. The van der Waals surface area contributed by atoms with Gasteiger partial charge in [0, 0.05) is 38.5 Å². The summed E-state index contributed by atoms with van der Waals surface area (Å²) < 4.78 is 0. The zero-order valence-corrected chi connectivity index (χ0v) is 20.9. The lowest BCUT2D eigenvalue weighted by molar-refractivity contribution is -0.112. The Bertz CT molecular complexity index is 893. The average molecular weight is 439 g/mol. The number of carbonyl (C=O) groups excluding carboxylic acids is 1. The molecule has 1 aliphatic heterocycles. The first-order valence-electron chi connectivity index (χ1n) is 11.5. The summed E-state index contributed by atoms with van der Waals surface area (Å²) in [4.78, 5) is 19.2. The Morgan fingerprint density at radius 3 is 2.44 bits per heavy atom. The molecule has 0 aliphatic carbocycles. The Kier molecular flexibility index (Phi) is 12.3. The van der Waals surface area contributed by atoms with Gasteiger partial charge in [0.15, 0.2) is 0 Å². The van der Waals surface area contributed by atoms with E-state index in [0.717, 1.165) is 65.7 Å². The number of piperidine rings is 1. The van der Waals surface area contributed by atoms with E-state index < -0.39 is 0 Å². The van der Waals surface area contributed by atoms with Crippen LogP contribution < -0.4 is 15.8 Å². The van der Waals surface area contributed by atoms with Crippen molar-refractivity contribution in [3.63, 3.8) is 0 Å². The Morgan fingerprint density at radius 2 is 1.97 bits per heavy atom. The molecule has 5 nitrogen and oxygen atoms in total. The summed E-state index contributed by atoms with van der Waals surface area (Å²) in [5.74, 6) is 1.93. The van der Waals surface area contributed by atoms with E-state index >= 15 is 0 Å². The Morgan fingerprint density at radius 1 is 1.31 bits per heavy atom. The van der Waals surface area contributed by atoms with Crippen molar-refractivity contribution in [2.45, 2.75) is 40.5 Å². The van der Waals surface area contributed by atoms with E-state index in [-0.39, 0.29) is 0 Å². The third-order valence-electron chi connectivity index (χ3n) is 5.57. The molecule has 2 heterocycles. The van der Waals surface area contributed by atoms with E-state index in [1.807, 2.05) is 57.3 Å². The van der Waals surface area contributed by atoms with Crippen LogP contribution in [0.2, 0.25) is 0 Å². The normalized spacial score (nSPS) is 16.4. The van der Waals surface area contributed by atoms with Crippen LogP contribution in [0, 0.1) is 11.8 Å². The van der Waals surface area contributed by atoms with Crippen LogP contribution in [0.25, 0.3) is 12.2 Å². The standard InChI is InChI=1S/C17H23N3.C10H19NO/c1-7-14-12-19-17(18-5)11-15(14)10-13(4)16(8-2)20(6)9-3;1-9(2)7-11-5-3-10(8-12)4-6-11/h7-12,18H,3-4H2,1-2,5-6H3;8-10H,3-7H2,1-2H3/b14-7-,15-10-,16-8-;. The van der Waals surface area contributed by atoms with Gasteiger partial charge in [0.1, 0.15) is 12.1 Å². The van der Waals surface area contributed by atoms with Crippen LogP contribution in [0.15, 0.2) is 49.0 Å². The molecule has 1 aliphatic rings. The van der Waals surface area contributed by atoms with Crippen LogP contribution in [-0.4, -0.2) is 54.8 Å². The quantitative estimate of drug-likeness (QED) is 0.494. The van der Waals surface area contributed by atoms with E-state index in [9.17, 15) is 4.79 Å². The molecular formula is C27H42N4O. The topological polar surface area (TPSA) is 48.5 Å². The SMILES string of the molecule is C=CN(C)/C(=C\C)C(=C)/C=c1/cc(NC)nc/c1=C/C.CC(C)CN1CCC(C=O)CC1. The van der Waals surface area contributed by atoms with Crippen molar-refractivity contribution in [3.05, 3.63) is 59.4 Å². The number of likely N-dealkylation sites (N-methyl/N-ethyl adjacent to an activating group) is 1. The number of hydrogen-bond acceptors (Lipinski definition) is 5. The summed E-state index contributed by atoms with van der Waals surface area (Å²) in [5.41, 5.74) is 1.97. The number of aromatic nitrogens is 1. The molecule has 0 spiro atoms. The third kappa shape index (κ3) is 8.83. The summed E-state index contributed by atoms with van der Waals surface area (Å²) in [5, 5.41) is 5.23. The predicted molar refractivity (Wildman–Crippen MR) is 139 cm³/mol. The number of likely N-dealkylation sites (tertiary alicyclic amines) is 1. The first kappa shape index (κ1) is 27.4. The predicted octanol–water partition coefficient (Wildman–Crippen LogP) is 3.79. The van der Waals surface area contributed by atoms with Crippen molar-refractivity contribution >= 4 is 24.3 Å². The van der Waals surface area contributed by atoms with E-state index in [4.69, 9.17) is 0 Å². The first-order valence-corrected chi connectivity index (χ1v) is 11.5. The summed E-state index contributed by atoms with van der Waals surface area (Å²) in [6.07, 6.45) is 13.0. The van der Waals surface area contributed by atoms with Gasteiger partial charge in [-0.1, -0.05) is 39.2 Å². The zero-order chi connectivity index (χ0) is 24.1. The highest BCUT2D eigenvalue weighted by molar-refractivity contribution is 5.57. The maximum Gasteiger partial charge on any atom is 0.126 e. The third-order valence-corrected chi connectivity index (χ3v) is 5.57. The van der Waals surface area contributed by atoms with Gasteiger partial charge < -0.3 is 19.9 Å². The van der Waals surface area contributed by atoms with Gasteiger partial charge in [0.25, 0.3) is 0 Å². The molecule has 1 saturated heterocycles. The molecule has 176 valence electrons. The minimum atomic E-state index is 0.341. The molecule has 0 aromatic carbocycles. The highest BCUT2D eigenvalue weighted by atomic mass is 16.1. The molecule has 0 unspecified atom stereocenters. The fraction of sp³-hybridized carbons (Fsp3) is 0.481. The summed E-state index contributed by atoms with van der Waals surface area (Å²) >= 11 is 0. The van der Waals surface area contributed by atoms with Gasteiger partial charge in [-0.2, -0.15) is 0 Å². The average Bonchev–Trinajstić information content (AvgIpc) is 2.79. The monoisotopic (exact) mass is 438 g/mol. The minimum Gasteiger partial charge on any atom is -0.373 e. The molecule has 1 aromatic heterocycles. The molecular weight excluding hydrogens is 396 g/mol. The fourth-order valence-electron chi connectivity index (χ4n) is 3.75. The van der Waals surface area contributed by atoms with E-state index in [1.54, 1.807) is 6.20 Å². The lowest BCUT2D eigenvalue weighted by atomic mass is 9.98. The minimum absolute atomic E-state index is 0.341. The highest BCUT2D eigenvalue weighted by Gasteiger charge is 2.18. The van der Waals surface area contributed by atoms with Gasteiger partial charge in [-0.3, -0.25) is 0 Å². The number of anilines is 1. The zero-order valence-electron chi connectivity index (χ0n) is 20.9. The van der Waals surface area contributed by atoms with Crippen molar-refractivity contribution in [1.29, 1.82) is 0 Å². The largest absolute Gasteiger partial charge is 0.373 e. The number of allylic oxidation sites excluding steroid dienone is 2. The number of nitrogens with zero attached hydrogens (tertiary/aromatic N) is 3. The fourth-order valence-corrected chi connectivity index (χ4v) is 3.75. The molecule has 1 fully saturated rings. The molecule has 0 amide bonds. The summed E-state index contributed by atoms with van der Waals surface area (Å²) in [6.45, 7) is 19.8. The number of hydrogen-bond donors (Lipinski definition) is 1. The molecule has 2 rings (SSSR count). The highest BCUT2D eigenvalue weighted by Crippen LogP contribution is 2.15. The van der Waals surface area contributed by atoms with Crippen LogP contribution >= 0.6 is 0 Å². The van der Waals surface area contributed by atoms with Gasteiger partial charge in [-0.05, 0) is 80.0 Å². The van der Waals surface area contributed by atoms with Gasteiger partial charge >= 0.3 is 0 Å². The smallest absolute Gasteiger partial charge is 0.126 e. The second kappa shape index (κ2) is 14.4. The molecule has 5 heteroatoms. The van der Waals surface area contributed by atoms with Crippen molar-refractivity contribution in [3.8, 4) is 0 Å². The Labute approximate surface area is 194 Å². The number of rotatable bonds is 8. The van der Waals surface area contributed by atoms with Crippen molar-refractivity contribution in [2.75, 3.05) is 39.0 Å². The second-order valence-electron chi connectivity index (χ2n) is 8.54. The van der Waals surface area contributed by atoms with Gasteiger partial charge in [-0.15, -0.1) is 0 Å². The number of carbonyl (C=O) groups is 1. The maximum absolute atomic E-state index is 10.5. The van der Waals surface area contributed by atoms with Crippen molar-refractivity contribution < 1.29 is 4.79 Å². The molecule has 32 heavy (non-hydrogen) atoms. The molecule has 0 atom stereocenters. The van der Waals surface area contributed by atoms with E-state index in [0.29, 0.717) is 5.92 Å². The molecule has 0 bridgehead atoms. The van der Waals surface area contributed by atoms with Crippen LogP contribution in [0.5, 0.6) is 0 Å². The van der Waals surface area contributed by atoms with Crippen molar-refractivity contribution in [2.24, 2.45) is 11.8 Å². The number of nitrogens with one attached hydrogen (secondary N) is 1. The van der Waals surface area contributed by atoms with Crippen molar-refractivity contribution in [1.82, 2.24) is 14.8 Å². The van der Waals surface area contributed by atoms with E-state index in [1.165, 1.54) is 6.54 Å². The van der Waals surface area contributed by atoms with Crippen LogP contribution in [-0.2, 0) is 4.79 Å². The lowest BCUT2D eigenvalue weighted by Gasteiger charge is -2.30. The summed E-state index contributed by atoms with van der Waals surface area (Å²) in [7, 11) is 3.82. The molecule has 1 N–H and O–H groups in total. The maximum atomic E-state index is 10.5. The Balaban J connectivity index is 0.000000363. The summed E-state index contributed by atoms with van der Waals surface area (Å²) in [6, 6.07) is 2.02. The van der Waals surface area contributed by atoms with Gasteiger partial charge in [0.05, 0.1) is 0 Å². The number of pyridine rings is 1. The van der Waals surface area contributed by atoms with Gasteiger partial charge in [0.2, 0.25) is 0 Å². The molecule has 0 radical (unpaired) electrons. The van der Waals surface area contributed by atoms with Gasteiger partial charge in [-0.25, -0.2) is 4.98 Å². The number of aldehydes is 1. The first-order chi connectivity index (χ1) is 15.3. The molecule has 0 saturated carbocycles. The van der Waals surface area contributed by atoms with Crippen LogP contribution in [0.4, 0.5) is 5.82 Å².